The largest absolute Gasteiger partial charge is 0.366 e. The van der Waals surface area contributed by atoms with Crippen molar-refractivity contribution in [1.82, 2.24) is 10.2 Å². The molecular weight excluding hydrogens is 394 g/mol. The molecule has 1 aliphatic heterocycles. The minimum atomic E-state index is -0.470. The van der Waals surface area contributed by atoms with Gasteiger partial charge in [-0.3, -0.25) is 14.5 Å². The Morgan fingerprint density at radius 2 is 1.85 bits per heavy atom. The molecule has 0 aliphatic carbocycles. The van der Waals surface area contributed by atoms with Crippen LogP contribution in [0.2, 0.25) is 0 Å². The highest BCUT2D eigenvalue weighted by Crippen LogP contribution is 2.27. The molecule has 26 heavy (non-hydrogen) atoms. The van der Waals surface area contributed by atoms with Crippen molar-refractivity contribution < 1.29 is 9.59 Å². The van der Waals surface area contributed by atoms with E-state index in [0.717, 1.165) is 41.5 Å². The lowest BCUT2D eigenvalue weighted by atomic mass is 10.0. The second kappa shape index (κ2) is 8.47. The third-order valence-corrected chi connectivity index (χ3v) is 5.09. The third kappa shape index (κ3) is 4.51. The van der Waals surface area contributed by atoms with Crippen LogP contribution in [0.15, 0.2) is 53.0 Å². The number of carbonyl (C=O) groups excluding carboxylic acids is 2. The Kier molecular flexibility index (Phi) is 6.06. The van der Waals surface area contributed by atoms with E-state index in [9.17, 15) is 9.59 Å². The van der Waals surface area contributed by atoms with Gasteiger partial charge in [-0.25, -0.2) is 0 Å². The quantitative estimate of drug-likeness (QED) is 0.760. The lowest BCUT2D eigenvalue weighted by Crippen LogP contribution is -2.39. The summed E-state index contributed by atoms with van der Waals surface area (Å²) in [6, 6.07) is 14.6. The van der Waals surface area contributed by atoms with Crippen LogP contribution in [-0.2, 0) is 11.3 Å². The van der Waals surface area contributed by atoms with Crippen LogP contribution in [0.3, 0.4) is 0 Å². The van der Waals surface area contributed by atoms with Crippen molar-refractivity contribution in [3.63, 3.8) is 0 Å². The molecule has 0 saturated carbocycles. The van der Waals surface area contributed by atoms with Gasteiger partial charge in [0, 0.05) is 16.6 Å². The number of primary amides is 1. The van der Waals surface area contributed by atoms with E-state index in [1.54, 1.807) is 18.2 Å². The van der Waals surface area contributed by atoms with Gasteiger partial charge in [-0.2, -0.15) is 0 Å². The van der Waals surface area contributed by atoms with Crippen molar-refractivity contribution in [3.8, 4) is 0 Å². The SMILES string of the molecule is NC(=O)c1cccc(CNC(=O)C(c2cccc(Br)c2)N2CCCC2)c1. The first-order chi connectivity index (χ1) is 12.5. The summed E-state index contributed by atoms with van der Waals surface area (Å²) in [7, 11) is 0. The van der Waals surface area contributed by atoms with E-state index in [0.29, 0.717) is 12.1 Å². The Labute approximate surface area is 161 Å². The molecule has 136 valence electrons. The van der Waals surface area contributed by atoms with Crippen LogP contribution in [0.4, 0.5) is 0 Å². The molecule has 1 saturated heterocycles. The van der Waals surface area contributed by atoms with Gasteiger partial charge in [0.2, 0.25) is 11.8 Å². The molecule has 1 atom stereocenters. The van der Waals surface area contributed by atoms with Crippen LogP contribution in [0.25, 0.3) is 0 Å². The number of carbonyl (C=O) groups is 2. The Morgan fingerprint density at radius 1 is 1.12 bits per heavy atom. The molecule has 2 aromatic rings. The maximum absolute atomic E-state index is 13.0. The second-order valence-corrected chi connectivity index (χ2v) is 7.40. The van der Waals surface area contributed by atoms with Gasteiger partial charge >= 0.3 is 0 Å². The van der Waals surface area contributed by atoms with Crippen molar-refractivity contribution in [2.75, 3.05) is 13.1 Å². The minimum absolute atomic E-state index is 0.0329. The van der Waals surface area contributed by atoms with Gasteiger partial charge in [0.1, 0.15) is 6.04 Å². The highest BCUT2D eigenvalue weighted by atomic mass is 79.9. The van der Waals surface area contributed by atoms with Crippen LogP contribution in [0.5, 0.6) is 0 Å². The number of hydrogen-bond donors (Lipinski definition) is 2. The summed E-state index contributed by atoms with van der Waals surface area (Å²) in [5.41, 5.74) is 7.59. The number of rotatable bonds is 6. The van der Waals surface area contributed by atoms with E-state index >= 15 is 0 Å². The lowest BCUT2D eigenvalue weighted by molar-refractivity contribution is -0.126. The zero-order chi connectivity index (χ0) is 18.5. The van der Waals surface area contributed by atoms with Crippen LogP contribution in [0.1, 0.15) is 40.4 Å². The fraction of sp³-hybridized carbons (Fsp3) is 0.300. The first kappa shape index (κ1) is 18.6. The van der Waals surface area contributed by atoms with E-state index in [4.69, 9.17) is 5.73 Å². The van der Waals surface area contributed by atoms with Crippen molar-refractivity contribution in [1.29, 1.82) is 0 Å². The van der Waals surface area contributed by atoms with Gasteiger partial charge in [-0.05, 0) is 61.3 Å². The van der Waals surface area contributed by atoms with Gasteiger partial charge in [0.05, 0.1) is 0 Å². The first-order valence-electron chi connectivity index (χ1n) is 8.70. The van der Waals surface area contributed by atoms with Crippen LogP contribution >= 0.6 is 15.9 Å². The molecule has 1 fully saturated rings. The lowest BCUT2D eigenvalue weighted by Gasteiger charge is -2.27. The number of likely N-dealkylation sites (tertiary alicyclic amines) is 1. The molecule has 0 aromatic heterocycles. The van der Waals surface area contributed by atoms with E-state index in [2.05, 4.69) is 26.1 Å². The molecule has 1 aliphatic rings. The van der Waals surface area contributed by atoms with Gasteiger partial charge < -0.3 is 11.1 Å². The molecule has 6 heteroatoms. The molecule has 2 amide bonds. The summed E-state index contributed by atoms with van der Waals surface area (Å²) in [4.78, 5) is 26.5. The molecule has 1 heterocycles. The zero-order valence-electron chi connectivity index (χ0n) is 14.5. The third-order valence-electron chi connectivity index (χ3n) is 4.60. The van der Waals surface area contributed by atoms with Crippen molar-refractivity contribution >= 4 is 27.7 Å². The number of hydrogen-bond acceptors (Lipinski definition) is 3. The van der Waals surface area contributed by atoms with Crippen LogP contribution < -0.4 is 11.1 Å². The Balaban J connectivity index is 1.75. The number of nitrogens with one attached hydrogen (secondary N) is 1. The van der Waals surface area contributed by atoms with Crippen molar-refractivity contribution in [2.45, 2.75) is 25.4 Å². The van der Waals surface area contributed by atoms with Crippen molar-refractivity contribution in [3.05, 3.63) is 69.7 Å². The molecule has 0 spiro atoms. The van der Waals surface area contributed by atoms with Gasteiger partial charge in [-0.15, -0.1) is 0 Å². The maximum Gasteiger partial charge on any atom is 0.248 e. The highest BCUT2D eigenvalue weighted by Gasteiger charge is 2.29. The summed E-state index contributed by atoms with van der Waals surface area (Å²) >= 11 is 3.49. The number of nitrogens with zero attached hydrogens (tertiary/aromatic N) is 1. The predicted molar refractivity (Wildman–Crippen MR) is 104 cm³/mol. The van der Waals surface area contributed by atoms with Gasteiger partial charge in [-0.1, -0.05) is 40.2 Å². The normalized spacial score (nSPS) is 15.6. The van der Waals surface area contributed by atoms with Crippen LogP contribution in [-0.4, -0.2) is 29.8 Å². The predicted octanol–water partition coefficient (Wildman–Crippen LogP) is 3.00. The summed E-state index contributed by atoms with van der Waals surface area (Å²) in [5, 5.41) is 3.01. The first-order valence-corrected chi connectivity index (χ1v) is 9.50. The Morgan fingerprint density at radius 3 is 2.54 bits per heavy atom. The number of amides is 2. The fourth-order valence-electron chi connectivity index (χ4n) is 3.32. The molecule has 5 nitrogen and oxygen atoms in total. The smallest absolute Gasteiger partial charge is 0.248 e. The molecule has 0 radical (unpaired) electrons. The summed E-state index contributed by atoms with van der Waals surface area (Å²) in [5.74, 6) is -0.503. The van der Waals surface area contributed by atoms with E-state index in [1.165, 1.54) is 0 Å². The molecule has 3 N–H and O–H groups in total. The maximum atomic E-state index is 13.0. The van der Waals surface area contributed by atoms with Gasteiger partial charge in [0.25, 0.3) is 0 Å². The molecule has 3 rings (SSSR count). The van der Waals surface area contributed by atoms with E-state index in [1.807, 2.05) is 30.3 Å². The van der Waals surface area contributed by atoms with E-state index in [-0.39, 0.29) is 11.9 Å². The summed E-state index contributed by atoms with van der Waals surface area (Å²) in [6.45, 7) is 2.20. The number of benzene rings is 2. The monoisotopic (exact) mass is 415 g/mol. The Hall–Kier alpha value is -2.18. The molecule has 2 aromatic carbocycles. The van der Waals surface area contributed by atoms with E-state index < -0.39 is 5.91 Å². The number of nitrogens with two attached hydrogens (primary N) is 1. The average molecular weight is 416 g/mol. The average Bonchev–Trinajstić information content (AvgIpc) is 3.14. The standard InChI is InChI=1S/C20H22BrN3O2/c21-17-8-4-6-15(12-17)18(24-9-1-2-10-24)20(26)23-13-14-5-3-7-16(11-14)19(22)25/h3-8,11-12,18H,1-2,9-10,13H2,(H2,22,25)(H,23,26). The minimum Gasteiger partial charge on any atom is -0.366 e. The molecule has 1 unspecified atom stereocenters. The second-order valence-electron chi connectivity index (χ2n) is 6.48. The van der Waals surface area contributed by atoms with Crippen LogP contribution in [0, 0.1) is 0 Å². The fourth-order valence-corrected chi connectivity index (χ4v) is 3.74. The zero-order valence-corrected chi connectivity index (χ0v) is 16.0. The van der Waals surface area contributed by atoms with Gasteiger partial charge in [0.15, 0.2) is 0 Å². The number of halogens is 1. The topological polar surface area (TPSA) is 75.4 Å². The Bertz CT molecular complexity index is 803. The molecule has 0 bridgehead atoms. The highest BCUT2D eigenvalue weighted by molar-refractivity contribution is 9.10. The summed E-state index contributed by atoms with van der Waals surface area (Å²) in [6.07, 6.45) is 2.22. The van der Waals surface area contributed by atoms with Crippen molar-refractivity contribution in [2.24, 2.45) is 5.73 Å². The molecular formula is C20H22BrN3O2. The summed E-state index contributed by atoms with van der Waals surface area (Å²) < 4.78 is 0.959.